The van der Waals surface area contributed by atoms with Crippen LogP contribution in [0.1, 0.15) is 37.3 Å². The van der Waals surface area contributed by atoms with Crippen molar-refractivity contribution in [1.29, 1.82) is 0 Å². The van der Waals surface area contributed by atoms with E-state index in [4.69, 9.17) is 5.11 Å². The number of nitrogens with one attached hydrogen (secondary N) is 4. The number of halogens is 4. The number of benzene rings is 2. The maximum atomic E-state index is 13.8. The SMILES string of the molecule is CC[C@H](CO)Nc1nc(SCc2cccc(F)c2F)nc2[nH]c(=O)cnc12.O=c1cnc2c(NCCCCO)nc(SCc3cccc(F)c3F)nc2[nH]1. The zero-order valence-electron chi connectivity index (χ0n) is 28.6. The van der Waals surface area contributed by atoms with Crippen molar-refractivity contribution in [3.05, 3.63) is 104 Å². The highest BCUT2D eigenvalue weighted by atomic mass is 32.2. The van der Waals surface area contributed by atoms with Crippen molar-refractivity contribution in [3.8, 4) is 0 Å². The summed E-state index contributed by atoms with van der Waals surface area (Å²) in [5.41, 5.74) is 0.774. The minimum Gasteiger partial charge on any atom is -0.396 e. The Morgan fingerprint density at radius 3 is 1.76 bits per heavy atom. The fourth-order valence-electron chi connectivity index (χ4n) is 4.70. The summed E-state index contributed by atoms with van der Waals surface area (Å²) in [6.07, 6.45) is 4.26. The molecule has 0 spiro atoms. The van der Waals surface area contributed by atoms with Gasteiger partial charge in [0.15, 0.2) is 56.5 Å². The molecule has 0 aliphatic heterocycles. The van der Waals surface area contributed by atoms with E-state index in [1.165, 1.54) is 24.3 Å². The molecule has 1 atom stereocenters. The van der Waals surface area contributed by atoms with E-state index < -0.39 is 34.4 Å². The molecule has 6 rings (SSSR count). The van der Waals surface area contributed by atoms with Crippen LogP contribution < -0.4 is 21.8 Å². The standard InChI is InChI=1S/2C17H17F2N5O2S/c1-2-10(7-25)21-15-14-16(22-12(26)6-20-14)24-17(23-15)27-8-9-4-3-5-11(18)13(9)19;18-11-5-3-4-10(13(11)19)9-27-17-23-15(20-6-1-2-7-25)14-16(24-17)22-12(26)8-21-14/h3-6,10,25H,2,7-8H2,1H3,(H2,21,22,23,24,26);3-5,8,25H,1-2,6-7,9H2,(H2,20,22,23,24,26)/t10-;/m1./s1. The third-order valence-corrected chi connectivity index (χ3v) is 9.33. The molecule has 0 saturated heterocycles. The molecule has 20 heteroatoms. The van der Waals surface area contributed by atoms with Crippen LogP contribution in [0.2, 0.25) is 0 Å². The van der Waals surface area contributed by atoms with E-state index in [1.54, 1.807) is 0 Å². The number of aromatic nitrogens is 8. The number of anilines is 2. The van der Waals surface area contributed by atoms with E-state index in [2.05, 4.69) is 50.5 Å². The van der Waals surface area contributed by atoms with Gasteiger partial charge in [0.2, 0.25) is 0 Å². The molecule has 2 aromatic carbocycles. The molecule has 284 valence electrons. The van der Waals surface area contributed by atoms with Gasteiger partial charge in [-0.25, -0.2) is 47.5 Å². The van der Waals surface area contributed by atoms with Crippen LogP contribution in [0.5, 0.6) is 0 Å². The molecule has 0 fully saturated rings. The average Bonchev–Trinajstić information content (AvgIpc) is 3.16. The maximum absolute atomic E-state index is 13.8. The lowest BCUT2D eigenvalue weighted by Crippen LogP contribution is -2.24. The van der Waals surface area contributed by atoms with Crippen molar-refractivity contribution < 1.29 is 27.8 Å². The number of aliphatic hydroxyl groups excluding tert-OH is 2. The van der Waals surface area contributed by atoms with Crippen LogP contribution in [0.3, 0.4) is 0 Å². The molecule has 0 aliphatic carbocycles. The summed E-state index contributed by atoms with van der Waals surface area (Å²) in [6, 6.07) is 7.69. The summed E-state index contributed by atoms with van der Waals surface area (Å²) in [4.78, 5) is 53.6. The minimum atomic E-state index is -0.919. The van der Waals surface area contributed by atoms with Crippen LogP contribution in [0, 0.1) is 23.3 Å². The lowest BCUT2D eigenvalue weighted by atomic mass is 10.2. The Kier molecular flexibility index (Phi) is 14.3. The number of thioether (sulfide) groups is 2. The van der Waals surface area contributed by atoms with E-state index in [0.29, 0.717) is 47.2 Å². The van der Waals surface area contributed by atoms with E-state index in [0.717, 1.165) is 54.5 Å². The predicted molar refractivity (Wildman–Crippen MR) is 197 cm³/mol. The van der Waals surface area contributed by atoms with Crippen LogP contribution in [0.4, 0.5) is 29.2 Å². The van der Waals surface area contributed by atoms with E-state index in [-0.39, 0.29) is 58.3 Å². The van der Waals surface area contributed by atoms with Gasteiger partial charge in [0.25, 0.3) is 11.1 Å². The molecule has 6 aromatic rings. The number of aromatic amines is 2. The highest BCUT2D eigenvalue weighted by Crippen LogP contribution is 2.27. The molecule has 6 N–H and O–H groups in total. The van der Waals surface area contributed by atoms with Gasteiger partial charge in [0.05, 0.1) is 25.0 Å². The number of hydrogen-bond donors (Lipinski definition) is 6. The number of H-pyrrole nitrogens is 2. The van der Waals surface area contributed by atoms with Crippen LogP contribution in [-0.4, -0.2) is 75.9 Å². The lowest BCUT2D eigenvalue weighted by molar-refractivity contribution is 0.271. The number of aliphatic hydroxyl groups is 2. The van der Waals surface area contributed by atoms with Crippen molar-refractivity contribution in [1.82, 2.24) is 39.9 Å². The maximum Gasteiger partial charge on any atom is 0.268 e. The second-order valence-electron chi connectivity index (χ2n) is 11.4. The number of nitrogens with zero attached hydrogens (tertiary/aromatic N) is 6. The molecule has 14 nitrogen and oxygen atoms in total. The van der Waals surface area contributed by atoms with Crippen molar-refractivity contribution >= 4 is 57.5 Å². The normalized spacial score (nSPS) is 11.7. The Bertz CT molecular complexity index is 2330. The Morgan fingerprint density at radius 2 is 1.26 bits per heavy atom. The molecule has 0 amide bonds. The smallest absolute Gasteiger partial charge is 0.268 e. The summed E-state index contributed by atoms with van der Waals surface area (Å²) >= 11 is 2.21. The van der Waals surface area contributed by atoms with Gasteiger partial charge in [0.1, 0.15) is 11.0 Å². The van der Waals surface area contributed by atoms with Crippen molar-refractivity contribution in [3.63, 3.8) is 0 Å². The van der Waals surface area contributed by atoms with Gasteiger partial charge in [-0.3, -0.25) is 9.59 Å². The minimum absolute atomic E-state index is 0.0953. The Morgan fingerprint density at radius 1 is 0.741 bits per heavy atom. The summed E-state index contributed by atoms with van der Waals surface area (Å²) < 4.78 is 54.3. The Hall–Kier alpha value is -5.18. The zero-order chi connectivity index (χ0) is 38.6. The molecule has 4 aromatic heterocycles. The Labute approximate surface area is 312 Å². The van der Waals surface area contributed by atoms with Crippen LogP contribution in [-0.2, 0) is 11.5 Å². The Balaban J connectivity index is 0.000000208. The quantitative estimate of drug-likeness (QED) is 0.0353. The van der Waals surface area contributed by atoms with E-state index in [9.17, 15) is 32.3 Å². The summed E-state index contributed by atoms with van der Waals surface area (Å²) in [5, 5.41) is 25.0. The first kappa shape index (κ1) is 40.0. The average molecular weight is 787 g/mol. The number of fused-ring (bicyclic) bond motifs is 2. The van der Waals surface area contributed by atoms with Crippen molar-refractivity contribution in [2.24, 2.45) is 0 Å². The monoisotopic (exact) mass is 786 g/mol. The molecule has 0 unspecified atom stereocenters. The van der Waals surface area contributed by atoms with Gasteiger partial charge in [-0.1, -0.05) is 54.7 Å². The van der Waals surface area contributed by atoms with Gasteiger partial charge < -0.3 is 30.8 Å². The van der Waals surface area contributed by atoms with Gasteiger partial charge in [-0.15, -0.1) is 0 Å². The summed E-state index contributed by atoms with van der Waals surface area (Å²) in [6.45, 7) is 2.44. The fraction of sp³-hybridized carbons (Fsp3) is 0.294. The second kappa shape index (κ2) is 19.2. The zero-order valence-corrected chi connectivity index (χ0v) is 30.2. The van der Waals surface area contributed by atoms with Crippen molar-refractivity contribution in [2.75, 3.05) is 30.4 Å². The summed E-state index contributed by atoms with van der Waals surface area (Å²) in [5.74, 6) is -2.63. The third kappa shape index (κ3) is 10.5. The molecule has 0 bridgehead atoms. The molecular weight excluding hydrogens is 753 g/mol. The summed E-state index contributed by atoms with van der Waals surface area (Å²) in [7, 11) is 0. The number of hydrogen-bond acceptors (Lipinski definition) is 14. The van der Waals surface area contributed by atoms with Crippen LogP contribution in [0.25, 0.3) is 22.3 Å². The number of rotatable bonds is 15. The van der Waals surface area contributed by atoms with Crippen LogP contribution >= 0.6 is 23.5 Å². The lowest BCUT2D eigenvalue weighted by Gasteiger charge is -2.16. The number of unbranched alkanes of at least 4 members (excludes halogenated alkanes) is 1. The fourth-order valence-corrected chi connectivity index (χ4v) is 6.34. The van der Waals surface area contributed by atoms with Gasteiger partial charge in [-0.2, -0.15) is 0 Å². The van der Waals surface area contributed by atoms with Crippen molar-refractivity contribution in [2.45, 2.75) is 54.0 Å². The van der Waals surface area contributed by atoms with Gasteiger partial charge in [-0.05, 0) is 31.4 Å². The molecule has 0 saturated carbocycles. The molecule has 54 heavy (non-hydrogen) atoms. The highest BCUT2D eigenvalue weighted by Gasteiger charge is 2.16. The van der Waals surface area contributed by atoms with E-state index >= 15 is 0 Å². The third-order valence-electron chi connectivity index (χ3n) is 7.54. The predicted octanol–water partition coefficient (Wildman–Crippen LogP) is 4.93. The van der Waals surface area contributed by atoms with Gasteiger partial charge in [0, 0.05) is 35.8 Å². The largest absolute Gasteiger partial charge is 0.396 e. The first-order chi connectivity index (χ1) is 26.1. The topological polar surface area (TPSA) is 208 Å². The molecule has 4 heterocycles. The molecule has 0 radical (unpaired) electrons. The first-order valence-electron chi connectivity index (χ1n) is 16.5. The molecular formula is C34H34F4N10O4S2. The van der Waals surface area contributed by atoms with Crippen LogP contribution in [0.15, 0.2) is 68.7 Å². The highest BCUT2D eigenvalue weighted by molar-refractivity contribution is 7.98. The first-order valence-corrected chi connectivity index (χ1v) is 18.4. The molecule has 0 aliphatic rings. The van der Waals surface area contributed by atoms with Gasteiger partial charge >= 0.3 is 0 Å². The second-order valence-corrected chi connectivity index (χ2v) is 13.3. The van der Waals surface area contributed by atoms with E-state index in [1.807, 2.05) is 6.92 Å².